The van der Waals surface area contributed by atoms with Gasteiger partial charge in [0, 0.05) is 12.6 Å². The lowest BCUT2D eigenvalue weighted by Crippen LogP contribution is -2.49. The first-order valence-electron chi connectivity index (χ1n) is 8.59. The summed E-state index contributed by atoms with van der Waals surface area (Å²) in [7, 11) is 5.65. The Morgan fingerprint density at radius 3 is 2.50 bits per heavy atom. The highest BCUT2D eigenvalue weighted by Crippen LogP contribution is 2.01. The molecule has 0 bridgehead atoms. The van der Waals surface area contributed by atoms with Crippen LogP contribution in [0.5, 0.6) is 0 Å². The normalized spacial score (nSPS) is 13.5. The molecule has 0 spiro atoms. The number of likely N-dealkylation sites (N-methyl/N-ethyl adjacent to an activating group) is 2. The van der Waals surface area contributed by atoms with E-state index in [2.05, 4.69) is 21.3 Å². The molecule has 1 aromatic rings. The van der Waals surface area contributed by atoms with Gasteiger partial charge in [0.05, 0.1) is 13.2 Å². The molecule has 0 aliphatic carbocycles. The summed E-state index contributed by atoms with van der Waals surface area (Å²) in [6, 6.07) is 9.89. The van der Waals surface area contributed by atoms with Gasteiger partial charge in [0.25, 0.3) is 0 Å². The SMILES string of the molecule is CNCCC[C@@H](CNC(=O)[C@H](COCc1ccccc1)NC)NC. The summed E-state index contributed by atoms with van der Waals surface area (Å²) in [5, 5.41) is 12.4. The third kappa shape index (κ3) is 8.40. The van der Waals surface area contributed by atoms with Gasteiger partial charge in [-0.1, -0.05) is 30.3 Å². The van der Waals surface area contributed by atoms with E-state index < -0.39 is 0 Å². The van der Waals surface area contributed by atoms with Crippen LogP contribution in [-0.2, 0) is 16.1 Å². The van der Waals surface area contributed by atoms with Gasteiger partial charge in [0.2, 0.25) is 5.91 Å². The number of hydrogen-bond acceptors (Lipinski definition) is 5. The Hall–Kier alpha value is -1.47. The summed E-state index contributed by atoms with van der Waals surface area (Å²) in [5.74, 6) is -0.0283. The van der Waals surface area contributed by atoms with Gasteiger partial charge in [-0.2, -0.15) is 0 Å². The number of carbonyl (C=O) groups is 1. The Labute approximate surface area is 145 Å². The van der Waals surface area contributed by atoms with Gasteiger partial charge in [-0.25, -0.2) is 0 Å². The molecule has 0 aliphatic heterocycles. The van der Waals surface area contributed by atoms with E-state index in [0.29, 0.717) is 19.8 Å². The molecule has 0 fully saturated rings. The van der Waals surface area contributed by atoms with Crippen LogP contribution in [0.4, 0.5) is 0 Å². The van der Waals surface area contributed by atoms with Gasteiger partial charge in [0.15, 0.2) is 0 Å². The van der Waals surface area contributed by atoms with Crippen LogP contribution in [-0.4, -0.2) is 58.8 Å². The van der Waals surface area contributed by atoms with Crippen molar-refractivity contribution in [1.82, 2.24) is 21.3 Å². The van der Waals surface area contributed by atoms with Crippen LogP contribution in [0.25, 0.3) is 0 Å². The fourth-order valence-electron chi connectivity index (χ4n) is 2.38. The molecule has 6 heteroatoms. The van der Waals surface area contributed by atoms with Gasteiger partial charge in [-0.3, -0.25) is 4.79 Å². The van der Waals surface area contributed by atoms with Crippen molar-refractivity contribution in [1.29, 1.82) is 0 Å². The van der Waals surface area contributed by atoms with Crippen LogP contribution in [0.3, 0.4) is 0 Å². The summed E-state index contributed by atoms with van der Waals surface area (Å²) in [4.78, 5) is 12.3. The molecule has 0 saturated heterocycles. The van der Waals surface area contributed by atoms with E-state index in [9.17, 15) is 4.79 Å². The highest BCUT2D eigenvalue weighted by molar-refractivity contribution is 5.81. The maximum Gasteiger partial charge on any atom is 0.239 e. The van der Waals surface area contributed by atoms with E-state index in [1.807, 2.05) is 44.4 Å². The number of ether oxygens (including phenoxy) is 1. The molecule has 2 atom stereocenters. The largest absolute Gasteiger partial charge is 0.375 e. The Morgan fingerprint density at radius 1 is 1.12 bits per heavy atom. The van der Waals surface area contributed by atoms with Crippen molar-refractivity contribution in [2.24, 2.45) is 0 Å². The maximum absolute atomic E-state index is 12.3. The molecule has 1 aromatic carbocycles. The number of carbonyl (C=O) groups excluding carboxylic acids is 1. The van der Waals surface area contributed by atoms with Crippen molar-refractivity contribution >= 4 is 5.91 Å². The van der Waals surface area contributed by atoms with E-state index in [1.54, 1.807) is 7.05 Å². The van der Waals surface area contributed by atoms with Crippen molar-refractivity contribution in [3.63, 3.8) is 0 Å². The molecule has 136 valence electrons. The Morgan fingerprint density at radius 2 is 1.88 bits per heavy atom. The highest BCUT2D eigenvalue weighted by atomic mass is 16.5. The van der Waals surface area contributed by atoms with E-state index in [-0.39, 0.29) is 18.0 Å². The maximum atomic E-state index is 12.3. The minimum atomic E-state index is -0.344. The first-order chi connectivity index (χ1) is 11.7. The number of nitrogens with one attached hydrogen (secondary N) is 4. The van der Waals surface area contributed by atoms with Gasteiger partial charge in [0.1, 0.15) is 6.04 Å². The van der Waals surface area contributed by atoms with E-state index >= 15 is 0 Å². The second-order valence-electron chi connectivity index (χ2n) is 5.82. The van der Waals surface area contributed by atoms with Crippen LogP contribution in [0, 0.1) is 0 Å². The average molecular weight is 336 g/mol. The first kappa shape index (κ1) is 20.6. The molecular formula is C18H32N4O2. The lowest BCUT2D eigenvalue weighted by molar-refractivity contribution is -0.124. The van der Waals surface area contributed by atoms with E-state index in [4.69, 9.17) is 4.74 Å². The molecule has 24 heavy (non-hydrogen) atoms. The fraction of sp³-hybridized carbons (Fsp3) is 0.611. The third-order valence-electron chi connectivity index (χ3n) is 3.97. The van der Waals surface area contributed by atoms with E-state index in [1.165, 1.54) is 0 Å². The van der Waals surface area contributed by atoms with Crippen molar-refractivity contribution in [2.75, 3.05) is 40.8 Å². The molecule has 0 aromatic heterocycles. The zero-order chi connectivity index (χ0) is 17.6. The average Bonchev–Trinajstić information content (AvgIpc) is 2.62. The Kier molecular flexibility index (Phi) is 11.1. The second-order valence-corrected chi connectivity index (χ2v) is 5.82. The summed E-state index contributed by atoms with van der Waals surface area (Å²) < 4.78 is 5.66. The summed E-state index contributed by atoms with van der Waals surface area (Å²) in [6.07, 6.45) is 2.10. The molecular weight excluding hydrogens is 304 g/mol. The van der Waals surface area contributed by atoms with Gasteiger partial charge in [-0.05, 0) is 46.1 Å². The lowest BCUT2D eigenvalue weighted by atomic mass is 10.1. The summed E-state index contributed by atoms with van der Waals surface area (Å²) in [5.41, 5.74) is 1.10. The lowest BCUT2D eigenvalue weighted by Gasteiger charge is -2.20. The predicted octanol–water partition coefficient (Wildman–Crippen LogP) is 0.495. The third-order valence-corrected chi connectivity index (χ3v) is 3.97. The molecule has 0 heterocycles. The minimum Gasteiger partial charge on any atom is -0.375 e. The second kappa shape index (κ2) is 12.9. The fourth-order valence-corrected chi connectivity index (χ4v) is 2.38. The smallest absolute Gasteiger partial charge is 0.239 e. The molecule has 0 aliphatic rings. The molecule has 4 N–H and O–H groups in total. The Balaban J connectivity index is 2.29. The minimum absolute atomic E-state index is 0.0283. The Bertz CT molecular complexity index is 442. The zero-order valence-electron chi connectivity index (χ0n) is 15.1. The molecule has 1 rings (SSSR count). The van der Waals surface area contributed by atoms with Crippen LogP contribution in [0.1, 0.15) is 18.4 Å². The van der Waals surface area contributed by atoms with Crippen molar-refractivity contribution in [2.45, 2.75) is 31.5 Å². The number of benzene rings is 1. The number of rotatable bonds is 13. The van der Waals surface area contributed by atoms with Crippen molar-refractivity contribution in [3.05, 3.63) is 35.9 Å². The van der Waals surface area contributed by atoms with Crippen LogP contribution < -0.4 is 21.3 Å². The van der Waals surface area contributed by atoms with Gasteiger partial charge >= 0.3 is 0 Å². The molecule has 6 nitrogen and oxygen atoms in total. The van der Waals surface area contributed by atoms with Crippen molar-refractivity contribution in [3.8, 4) is 0 Å². The highest BCUT2D eigenvalue weighted by Gasteiger charge is 2.17. The monoisotopic (exact) mass is 336 g/mol. The molecule has 1 amide bonds. The van der Waals surface area contributed by atoms with E-state index in [0.717, 1.165) is 24.9 Å². The van der Waals surface area contributed by atoms with Gasteiger partial charge < -0.3 is 26.0 Å². The summed E-state index contributed by atoms with van der Waals surface area (Å²) >= 11 is 0. The first-order valence-corrected chi connectivity index (χ1v) is 8.59. The quantitative estimate of drug-likeness (QED) is 0.395. The van der Waals surface area contributed by atoms with Crippen LogP contribution in [0.2, 0.25) is 0 Å². The summed E-state index contributed by atoms with van der Waals surface area (Å²) in [6.45, 7) is 2.46. The number of amides is 1. The van der Waals surface area contributed by atoms with Gasteiger partial charge in [-0.15, -0.1) is 0 Å². The van der Waals surface area contributed by atoms with Crippen LogP contribution >= 0.6 is 0 Å². The van der Waals surface area contributed by atoms with Crippen molar-refractivity contribution < 1.29 is 9.53 Å². The molecule has 0 saturated carbocycles. The molecule has 0 unspecified atom stereocenters. The molecule has 0 radical (unpaired) electrons. The predicted molar refractivity (Wildman–Crippen MR) is 98.0 cm³/mol. The standard InChI is InChI=1S/C18H32N4O2/c1-19-11-7-10-16(20-2)12-22-18(23)17(21-3)14-24-13-15-8-5-4-6-9-15/h4-6,8-9,16-17,19-21H,7,10-14H2,1-3H3,(H,22,23)/t16-,17-/m0/s1. The zero-order valence-corrected chi connectivity index (χ0v) is 15.1. The topological polar surface area (TPSA) is 74.4 Å². The van der Waals surface area contributed by atoms with Crippen LogP contribution in [0.15, 0.2) is 30.3 Å². The number of hydrogen-bond donors (Lipinski definition) is 4.